The Morgan fingerprint density at radius 1 is 0.809 bits per heavy atom. The first-order valence-electron chi connectivity index (χ1n) is 14.1. The molecule has 4 heterocycles. The van der Waals surface area contributed by atoms with Crippen LogP contribution in [-0.2, 0) is 29.3 Å². The number of fused-ring (bicyclic) bond motifs is 2. The molecule has 4 aliphatic rings. The van der Waals surface area contributed by atoms with E-state index < -0.39 is 48.5 Å². The zero-order valence-corrected chi connectivity index (χ0v) is 27.6. The first kappa shape index (κ1) is 33.2. The number of likely N-dealkylation sites (N-methyl/N-ethyl adjacent to an activating group) is 2. The number of amides is 2. The molecule has 0 saturated carbocycles. The molecule has 0 saturated heterocycles. The highest BCUT2D eigenvalue weighted by atomic mass is 32.2. The quantitative estimate of drug-likeness (QED) is 0.270. The molecule has 0 fully saturated rings. The highest BCUT2D eigenvalue weighted by molar-refractivity contribution is 7.95. The van der Waals surface area contributed by atoms with E-state index in [0.717, 1.165) is 23.1 Å². The third kappa shape index (κ3) is 5.30. The van der Waals surface area contributed by atoms with E-state index in [1.54, 1.807) is 39.1 Å². The number of aliphatic hydroxyl groups excluding tert-OH is 2. The van der Waals surface area contributed by atoms with Gasteiger partial charge in [0, 0.05) is 26.2 Å². The van der Waals surface area contributed by atoms with Crippen LogP contribution in [-0.4, -0.2) is 79.8 Å². The number of aliphatic hydroxyl groups is 2. The van der Waals surface area contributed by atoms with Gasteiger partial charge in [0.25, 0.3) is 17.5 Å². The fraction of sp³-hybridized carbons (Fsp3) is 0.267. The lowest BCUT2D eigenvalue weighted by atomic mass is 10.1. The summed E-state index contributed by atoms with van der Waals surface area (Å²) in [4.78, 5) is 37.4. The van der Waals surface area contributed by atoms with Gasteiger partial charge in [-0.2, -0.15) is 0 Å². The van der Waals surface area contributed by atoms with Gasteiger partial charge in [0.15, 0.2) is 0 Å². The average molecular weight is 686 g/mol. The Kier molecular flexibility index (Phi) is 7.96. The summed E-state index contributed by atoms with van der Waals surface area (Å²) in [7, 11) is -4.66. The number of nitro groups is 1. The normalized spacial score (nSPS) is 22.6. The highest BCUT2D eigenvalue weighted by Gasteiger charge is 2.41. The molecule has 4 N–H and O–H groups in total. The van der Waals surface area contributed by atoms with Crippen molar-refractivity contribution in [2.45, 2.75) is 49.6 Å². The summed E-state index contributed by atoms with van der Waals surface area (Å²) in [6.45, 7) is 6.55. The van der Waals surface area contributed by atoms with Crippen LogP contribution in [0.25, 0.3) is 0 Å². The molecular formula is C30H31N5O10S2. The summed E-state index contributed by atoms with van der Waals surface area (Å²) < 4.78 is 50.4. The van der Waals surface area contributed by atoms with Crippen molar-refractivity contribution in [2.75, 3.05) is 24.7 Å². The zero-order valence-electron chi connectivity index (χ0n) is 26.0. The van der Waals surface area contributed by atoms with E-state index in [4.69, 9.17) is 0 Å². The van der Waals surface area contributed by atoms with Gasteiger partial charge in [-0.1, -0.05) is 6.07 Å². The van der Waals surface area contributed by atoms with Crippen molar-refractivity contribution in [1.29, 1.82) is 0 Å². The number of rotatable bonds is 3. The summed E-state index contributed by atoms with van der Waals surface area (Å²) in [5.74, 6) is -1.27. The predicted octanol–water partition coefficient (Wildman–Crippen LogP) is 3.41. The summed E-state index contributed by atoms with van der Waals surface area (Å²) in [6, 6.07) is 7.35. The van der Waals surface area contributed by atoms with E-state index in [-0.39, 0.29) is 60.1 Å². The molecule has 0 bridgehead atoms. The van der Waals surface area contributed by atoms with Crippen molar-refractivity contribution in [3.05, 3.63) is 96.4 Å². The number of carbonyl (C=O) groups is 2. The second-order valence-electron chi connectivity index (χ2n) is 11.4. The molecule has 2 amide bonds. The van der Waals surface area contributed by atoms with Crippen molar-refractivity contribution in [3.63, 3.8) is 0 Å². The topological polar surface area (TPSA) is 217 Å². The lowest BCUT2D eigenvalue weighted by Gasteiger charge is -2.24. The summed E-state index contributed by atoms with van der Waals surface area (Å²) in [6.07, 6.45) is 0. The van der Waals surface area contributed by atoms with Crippen LogP contribution in [0.2, 0.25) is 0 Å². The molecule has 6 rings (SSSR count). The standard InChI is InChI=1S/C16H18N2O4S.C14H13N3O6S/c1-8-5-6-11-12(7-8)23(21,22)10(3)14(17-11)13-15(19)9(2)18(4)16(13)20;1-7-13(18)12(14(19)16(7)2)10-6-24(22,23)11-5-8(17(20)21)3-4-9(11)15-10/h5-7,9,17,19H,1-4H3;3-7,15,18H,1-2H3. The lowest BCUT2D eigenvalue weighted by molar-refractivity contribution is -0.385. The molecule has 2 aromatic carbocycles. The van der Waals surface area contributed by atoms with Gasteiger partial charge in [-0.25, -0.2) is 16.8 Å². The highest BCUT2D eigenvalue weighted by Crippen LogP contribution is 2.40. The third-order valence-corrected chi connectivity index (χ3v) is 11.9. The Labute approximate surface area is 270 Å². The number of non-ortho nitro benzene ring substituents is 1. The Morgan fingerprint density at radius 2 is 1.34 bits per heavy atom. The van der Waals surface area contributed by atoms with Crippen molar-refractivity contribution in [1.82, 2.24) is 9.80 Å². The lowest BCUT2D eigenvalue weighted by Crippen LogP contribution is -2.30. The van der Waals surface area contributed by atoms with Crippen molar-refractivity contribution in [2.24, 2.45) is 0 Å². The molecule has 2 atom stereocenters. The minimum absolute atomic E-state index is 0.0206. The maximum Gasteiger partial charge on any atom is 0.270 e. The maximum absolute atomic E-state index is 12.8. The molecule has 2 unspecified atom stereocenters. The fourth-order valence-electron chi connectivity index (χ4n) is 5.39. The van der Waals surface area contributed by atoms with E-state index in [1.807, 2.05) is 6.92 Å². The smallest absolute Gasteiger partial charge is 0.270 e. The Bertz CT molecular complexity index is 2150. The largest absolute Gasteiger partial charge is 0.509 e. The number of hydrogen-bond acceptors (Lipinski definition) is 12. The molecule has 0 radical (unpaired) electrons. The van der Waals surface area contributed by atoms with Crippen LogP contribution in [0, 0.1) is 17.0 Å². The van der Waals surface area contributed by atoms with E-state index in [1.165, 1.54) is 29.8 Å². The molecule has 15 nitrogen and oxygen atoms in total. The van der Waals surface area contributed by atoms with Crippen LogP contribution in [0.4, 0.5) is 17.1 Å². The van der Waals surface area contributed by atoms with Crippen molar-refractivity contribution < 1.29 is 41.6 Å². The van der Waals surface area contributed by atoms with E-state index in [9.17, 15) is 46.8 Å². The number of nitrogens with zero attached hydrogens (tertiary/aromatic N) is 3. The predicted molar refractivity (Wildman–Crippen MR) is 170 cm³/mol. The van der Waals surface area contributed by atoms with Gasteiger partial charge in [0.1, 0.15) is 27.6 Å². The molecule has 248 valence electrons. The first-order chi connectivity index (χ1) is 21.8. The second-order valence-corrected chi connectivity index (χ2v) is 15.2. The second kappa shape index (κ2) is 11.3. The van der Waals surface area contributed by atoms with E-state index in [2.05, 4.69) is 10.6 Å². The van der Waals surface area contributed by atoms with Gasteiger partial charge < -0.3 is 30.6 Å². The third-order valence-electron chi connectivity index (χ3n) is 8.52. The number of anilines is 2. The van der Waals surface area contributed by atoms with Gasteiger partial charge in [0.05, 0.1) is 55.0 Å². The molecule has 47 heavy (non-hydrogen) atoms. The number of nitrogens with one attached hydrogen (secondary N) is 2. The summed E-state index contributed by atoms with van der Waals surface area (Å²) in [5.41, 5.74) is 0.973. The van der Waals surface area contributed by atoms with Gasteiger partial charge in [-0.05, 0) is 51.5 Å². The van der Waals surface area contributed by atoms with Crippen molar-refractivity contribution in [3.8, 4) is 0 Å². The maximum atomic E-state index is 12.8. The van der Waals surface area contributed by atoms with Crippen LogP contribution < -0.4 is 10.6 Å². The first-order valence-corrected chi connectivity index (χ1v) is 17.1. The Morgan fingerprint density at radius 3 is 1.87 bits per heavy atom. The zero-order chi connectivity index (χ0) is 34.9. The van der Waals surface area contributed by atoms with Gasteiger partial charge >= 0.3 is 0 Å². The molecule has 2 aromatic rings. The molecule has 17 heteroatoms. The summed E-state index contributed by atoms with van der Waals surface area (Å²) >= 11 is 0. The number of allylic oxidation sites excluding steroid dienone is 1. The van der Waals surface area contributed by atoms with Crippen LogP contribution in [0.5, 0.6) is 0 Å². The molecule has 0 aromatic heterocycles. The minimum Gasteiger partial charge on any atom is -0.509 e. The monoisotopic (exact) mass is 685 g/mol. The van der Waals surface area contributed by atoms with Gasteiger partial charge in [-0.15, -0.1) is 0 Å². The van der Waals surface area contributed by atoms with Crippen LogP contribution >= 0.6 is 0 Å². The molecule has 4 aliphatic heterocycles. The number of aryl methyl sites for hydroxylation is 1. The Balaban J connectivity index is 0.000000185. The Hall–Kier alpha value is -5.16. The van der Waals surface area contributed by atoms with Crippen LogP contribution in [0.3, 0.4) is 0 Å². The molecule has 0 spiro atoms. The number of carbonyl (C=O) groups excluding carboxylic acids is 2. The number of sulfone groups is 2. The number of hydrogen-bond donors (Lipinski definition) is 4. The van der Waals surface area contributed by atoms with E-state index >= 15 is 0 Å². The minimum atomic E-state index is -4.01. The number of nitro benzene ring substituents is 1. The van der Waals surface area contributed by atoms with E-state index in [0.29, 0.717) is 5.69 Å². The molecule has 0 aliphatic carbocycles. The fourth-order valence-corrected chi connectivity index (χ4v) is 8.22. The van der Waals surface area contributed by atoms with Crippen LogP contribution in [0.15, 0.2) is 90.6 Å². The van der Waals surface area contributed by atoms with Crippen molar-refractivity contribution >= 4 is 48.6 Å². The van der Waals surface area contributed by atoms with Gasteiger partial charge in [0.2, 0.25) is 19.7 Å². The molecular weight excluding hydrogens is 654 g/mol. The van der Waals surface area contributed by atoms with Crippen LogP contribution in [0.1, 0.15) is 26.3 Å². The van der Waals surface area contributed by atoms with Gasteiger partial charge in [-0.3, -0.25) is 19.7 Å². The summed E-state index contributed by atoms with van der Waals surface area (Å²) in [5, 5.41) is 37.8. The average Bonchev–Trinajstić information content (AvgIpc) is 3.32. The number of benzene rings is 2. The SMILES string of the molecule is CC1=C(C2=C(O)C(C)N(C)C2=O)Nc2ccc(C)cc2S1(=O)=O.CC1C(O)=C(C2=CS(=O)(=O)c3cc([N+](=O)[O-])ccc3N2)C(=O)N1C.